The fourth-order valence-corrected chi connectivity index (χ4v) is 9.04. The van der Waals surface area contributed by atoms with Crippen LogP contribution in [0.2, 0.25) is 0 Å². The Morgan fingerprint density at radius 3 is 1.38 bits per heavy atom. The lowest BCUT2D eigenvalue weighted by Gasteiger charge is -2.63. The molecule has 0 aromatic rings. The molecule has 8 fully saturated rings. The molecule has 21 heavy (non-hydrogen) atoms. The monoisotopic (exact) mass is 284 g/mol. The third kappa shape index (κ3) is 1.34. The summed E-state index contributed by atoms with van der Waals surface area (Å²) in [4.78, 5) is 13.7. The van der Waals surface area contributed by atoms with E-state index in [9.17, 15) is 4.79 Å². The average Bonchev–Trinajstić information content (AvgIpc) is 2.57. The average molecular weight is 284 g/mol. The topological polar surface area (TPSA) is 17.1 Å². The van der Waals surface area contributed by atoms with Crippen molar-refractivity contribution in [2.45, 2.75) is 64.2 Å². The Morgan fingerprint density at radius 2 is 0.952 bits per heavy atom. The van der Waals surface area contributed by atoms with Crippen LogP contribution >= 0.6 is 0 Å². The number of Topliss-reactive ketones (excluding diaryl/α,β-unsaturated/α-hetero) is 1. The molecule has 0 aromatic carbocycles. The van der Waals surface area contributed by atoms with Crippen LogP contribution in [0.15, 0.2) is 0 Å². The van der Waals surface area contributed by atoms with Crippen LogP contribution in [0.3, 0.4) is 0 Å². The van der Waals surface area contributed by atoms with Crippen molar-refractivity contribution in [1.29, 1.82) is 0 Å². The van der Waals surface area contributed by atoms with E-state index >= 15 is 0 Å². The van der Waals surface area contributed by atoms with Gasteiger partial charge in [0.2, 0.25) is 0 Å². The fraction of sp³-hybridized carbons (Fsp3) is 0.950. The van der Waals surface area contributed by atoms with E-state index in [2.05, 4.69) is 0 Å². The molecule has 8 bridgehead atoms. The summed E-state index contributed by atoms with van der Waals surface area (Å²) in [6, 6.07) is 0. The van der Waals surface area contributed by atoms with Crippen LogP contribution in [0.1, 0.15) is 64.2 Å². The van der Waals surface area contributed by atoms with Crippen molar-refractivity contribution in [3.05, 3.63) is 0 Å². The summed E-state index contributed by atoms with van der Waals surface area (Å²) in [5, 5.41) is 0. The fourth-order valence-electron chi connectivity index (χ4n) is 9.04. The molecule has 0 heterocycles. The van der Waals surface area contributed by atoms with E-state index < -0.39 is 0 Å². The molecule has 0 aliphatic heterocycles. The van der Waals surface area contributed by atoms with Crippen molar-refractivity contribution in [3.63, 3.8) is 0 Å². The van der Waals surface area contributed by atoms with E-state index in [1.807, 2.05) is 0 Å². The van der Waals surface area contributed by atoms with Gasteiger partial charge in [-0.1, -0.05) is 0 Å². The molecule has 2 unspecified atom stereocenters. The van der Waals surface area contributed by atoms with Crippen LogP contribution < -0.4 is 0 Å². The first-order valence-electron chi connectivity index (χ1n) is 9.77. The van der Waals surface area contributed by atoms with E-state index in [0.29, 0.717) is 5.92 Å². The summed E-state index contributed by atoms with van der Waals surface area (Å²) in [6.07, 6.45) is 14.1. The molecule has 0 amide bonds. The zero-order valence-electron chi connectivity index (χ0n) is 13.1. The number of ketones is 1. The Morgan fingerprint density at radius 1 is 0.571 bits per heavy atom. The summed E-state index contributed by atoms with van der Waals surface area (Å²) in [5.41, 5.74) is 0.196. The van der Waals surface area contributed by atoms with Crippen molar-refractivity contribution in [1.82, 2.24) is 0 Å². The maximum absolute atomic E-state index is 13.7. The van der Waals surface area contributed by atoms with Gasteiger partial charge in [0.05, 0.1) is 0 Å². The first-order valence-corrected chi connectivity index (χ1v) is 9.77. The van der Waals surface area contributed by atoms with Gasteiger partial charge in [0.15, 0.2) is 0 Å². The molecular weight excluding hydrogens is 256 g/mol. The summed E-state index contributed by atoms with van der Waals surface area (Å²) in [5.74, 6) is 7.57. The maximum Gasteiger partial charge on any atom is 0.142 e. The predicted octanol–water partition coefficient (Wildman–Crippen LogP) is 4.45. The smallest absolute Gasteiger partial charge is 0.142 e. The van der Waals surface area contributed by atoms with Crippen molar-refractivity contribution in [2.75, 3.05) is 0 Å². The minimum atomic E-state index is 0.196. The van der Waals surface area contributed by atoms with Crippen molar-refractivity contribution >= 4 is 5.78 Å². The molecule has 1 heteroatoms. The second kappa shape index (κ2) is 3.77. The van der Waals surface area contributed by atoms with E-state index in [1.54, 1.807) is 0 Å². The first kappa shape index (κ1) is 12.1. The third-order valence-corrected chi connectivity index (χ3v) is 9.10. The minimum Gasteiger partial charge on any atom is -0.299 e. The third-order valence-electron chi connectivity index (χ3n) is 9.10. The normalized spacial score (nSPS) is 63.5. The number of rotatable bonds is 0. The van der Waals surface area contributed by atoms with Gasteiger partial charge in [-0.05, 0) is 106 Å². The number of carbonyl (C=O) groups is 1. The maximum atomic E-state index is 13.7. The summed E-state index contributed by atoms with van der Waals surface area (Å²) in [6.45, 7) is 0. The van der Waals surface area contributed by atoms with Crippen LogP contribution in [0, 0.1) is 52.8 Å². The van der Waals surface area contributed by atoms with Crippen LogP contribution in [-0.4, -0.2) is 5.78 Å². The lowest BCUT2D eigenvalue weighted by Crippen LogP contribution is -2.60. The van der Waals surface area contributed by atoms with Gasteiger partial charge >= 0.3 is 0 Å². The number of hydrogen-bond donors (Lipinski definition) is 0. The minimum absolute atomic E-state index is 0.196. The highest BCUT2D eigenvalue weighted by atomic mass is 16.1. The van der Waals surface area contributed by atoms with Crippen molar-refractivity contribution < 1.29 is 4.79 Å². The summed E-state index contributed by atoms with van der Waals surface area (Å²) in [7, 11) is 0. The molecular formula is C20H28O. The Bertz CT molecular complexity index is 464. The zero-order valence-corrected chi connectivity index (χ0v) is 13.1. The van der Waals surface area contributed by atoms with Gasteiger partial charge in [-0.2, -0.15) is 0 Å². The van der Waals surface area contributed by atoms with Crippen LogP contribution in [0.4, 0.5) is 0 Å². The van der Waals surface area contributed by atoms with E-state index in [4.69, 9.17) is 0 Å². The van der Waals surface area contributed by atoms with Gasteiger partial charge in [0.25, 0.3) is 0 Å². The molecule has 1 spiro atoms. The Kier molecular flexibility index (Phi) is 2.18. The first-order chi connectivity index (χ1) is 10.2. The van der Waals surface area contributed by atoms with Gasteiger partial charge in [-0.15, -0.1) is 0 Å². The molecule has 114 valence electrons. The summed E-state index contributed by atoms with van der Waals surface area (Å²) < 4.78 is 0. The van der Waals surface area contributed by atoms with Gasteiger partial charge in [0, 0.05) is 11.3 Å². The molecule has 8 rings (SSSR count). The number of carbonyl (C=O) groups excluding carboxylic acids is 1. The molecule has 2 atom stereocenters. The molecule has 8 aliphatic rings. The second-order valence-electron chi connectivity index (χ2n) is 9.91. The molecule has 0 aromatic heterocycles. The molecule has 0 saturated heterocycles. The zero-order chi connectivity index (χ0) is 13.8. The van der Waals surface area contributed by atoms with Gasteiger partial charge < -0.3 is 0 Å². The van der Waals surface area contributed by atoms with E-state index in [1.165, 1.54) is 64.2 Å². The SMILES string of the molecule is O=C1C2CC3CC(C2)CC(C3)C12C1CC3CC(C1)CC2C3. The molecule has 0 radical (unpaired) electrons. The quantitative estimate of drug-likeness (QED) is 0.642. The predicted molar refractivity (Wildman–Crippen MR) is 81.5 cm³/mol. The van der Waals surface area contributed by atoms with Crippen molar-refractivity contribution in [3.8, 4) is 0 Å². The highest BCUT2D eigenvalue weighted by Crippen LogP contribution is 2.70. The molecule has 0 N–H and O–H groups in total. The lowest BCUT2D eigenvalue weighted by molar-refractivity contribution is -0.172. The van der Waals surface area contributed by atoms with Gasteiger partial charge in [-0.25, -0.2) is 0 Å². The van der Waals surface area contributed by atoms with Gasteiger partial charge in [-0.3, -0.25) is 4.79 Å². The van der Waals surface area contributed by atoms with Crippen LogP contribution in [0.25, 0.3) is 0 Å². The highest BCUT2D eigenvalue weighted by molar-refractivity contribution is 5.89. The molecule has 8 aliphatic carbocycles. The van der Waals surface area contributed by atoms with Crippen molar-refractivity contribution in [2.24, 2.45) is 52.8 Å². The largest absolute Gasteiger partial charge is 0.299 e. The standard InChI is InChI=1S/C20H28O/c21-19-15-3-11-1-12(4-15)6-16(5-11)20(19)17-7-13-2-14(9-17)10-18(20)8-13/h11-18H,1-10H2. The van der Waals surface area contributed by atoms with E-state index in [-0.39, 0.29) is 5.41 Å². The number of hydrogen-bond acceptors (Lipinski definition) is 1. The highest BCUT2D eigenvalue weighted by Gasteiger charge is 2.67. The Hall–Kier alpha value is -0.330. The van der Waals surface area contributed by atoms with Gasteiger partial charge in [0.1, 0.15) is 5.78 Å². The van der Waals surface area contributed by atoms with Crippen LogP contribution in [-0.2, 0) is 4.79 Å². The lowest BCUT2D eigenvalue weighted by atomic mass is 9.40. The van der Waals surface area contributed by atoms with E-state index in [0.717, 1.165) is 47.2 Å². The molecule has 8 saturated carbocycles. The van der Waals surface area contributed by atoms with Crippen LogP contribution in [0.5, 0.6) is 0 Å². The second-order valence-corrected chi connectivity index (χ2v) is 9.91. The Balaban J connectivity index is 1.52. The summed E-state index contributed by atoms with van der Waals surface area (Å²) >= 11 is 0. The Labute approximate surface area is 128 Å². The molecule has 1 nitrogen and oxygen atoms in total.